The van der Waals surface area contributed by atoms with Crippen LogP contribution in [-0.2, 0) is 23.1 Å². The second kappa shape index (κ2) is 15.9. The van der Waals surface area contributed by atoms with Gasteiger partial charge in [0.1, 0.15) is 0 Å². The van der Waals surface area contributed by atoms with E-state index in [1.54, 1.807) is 0 Å². The van der Waals surface area contributed by atoms with Crippen molar-refractivity contribution in [3.05, 3.63) is 0 Å². The molecule has 48 heteroatoms. The number of hydrogen-bond donors (Lipinski definition) is 1. The molecule has 0 saturated carbocycles. The van der Waals surface area contributed by atoms with Crippen molar-refractivity contribution in [2.75, 3.05) is 0 Å². The number of hydrogen-bond acceptors (Lipinski definition) is 6. The molecule has 398 valence electrons. The van der Waals surface area contributed by atoms with Gasteiger partial charge in [-0.1, -0.05) is 0 Å². The predicted octanol–water partition coefficient (Wildman–Crippen LogP) is 11.4. The molecule has 0 amide bonds. The molecule has 0 heterocycles. The highest BCUT2D eigenvalue weighted by Crippen LogP contribution is 2.68. The molecule has 66 heavy (non-hydrogen) atoms. The van der Waals surface area contributed by atoms with Gasteiger partial charge in [-0.15, -0.1) is 0 Å². The average molecular weight is 1130 g/mol. The summed E-state index contributed by atoms with van der Waals surface area (Å²) < 4.78 is 564. The lowest BCUT2D eigenvalue weighted by molar-refractivity contribution is -0.458. The zero-order valence-corrected chi connectivity index (χ0v) is 29.4. The molecule has 6 nitrogen and oxygen atoms in total. The first-order valence-electron chi connectivity index (χ1n) is 13.3. The van der Waals surface area contributed by atoms with Gasteiger partial charge in [-0.3, -0.25) is 0 Å². The zero-order valence-electron chi connectivity index (χ0n) is 27.6. The third-order valence-corrected chi connectivity index (χ3v) is 12.8. The maximum Gasteiger partial charge on any atom is 0.577 e. The topological polar surface area (TPSA) is 73.9 Å². The van der Waals surface area contributed by atoms with E-state index in [9.17, 15) is 162 Å². The van der Waals surface area contributed by atoms with E-state index in [2.05, 4.69) is 0 Å². The van der Waals surface area contributed by atoms with Crippen molar-refractivity contribution in [3.8, 4) is 0 Å². The van der Waals surface area contributed by atoms with E-state index in [0.29, 0.717) is 0 Å². The van der Waals surface area contributed by atoms with E-state index < -0.39 is 131 Å². The van der Waals surface area contributed by atoms with Crippen molar-refractivity contribution < 1.29 is 197 Å². The van der Waals surface area contributed by atoms with Crippen LogP contribution < -0.4 is 5.32 Å². The summed E-state index contributed by atoms with van der Waals surface area (Å²) in [6.07, 6.45) is -71.9. The van der Waals surface area contributed by atoms with Gasteiger partial charge in [-0.25, -0.2) is 12.8 Å². The smallest absolute Gasteiger partial charge is 0.303 e. The molecule has 0 aromatic rings. The van der Waals surface area contributed by atoms with Crippen LogP contribution in [0.1, 0.15) is 0 Å². The zero-order chi connectivity index (χ0) is 54.8. The summed E-state index contributed by atoms with van der Waals surface area (Å²) >= 11 is 0. The van der Waals surface area contributed by atoms with Crippen molar-refractivity contribution in [2.45, 2.75) is 107 Å². The van der Waals surface area contributed by atoms with Gasteiger partial charge in [0, 0.05) is 0 Å². The van der Waals surface area contributed by atoms with Crippen molar-refractivity contribution >= 4 is 18.6 Å². The molecule has 0 saturated heterocycles. The van der Waals surface area contributed by atoms with Crippen LogP contribution in [0.15, 0.2) is 0 Å². The third-order valence-electron chi connectivity index (χ3n) is 6.67. The molecule has 0 aliphatic rings. The van der Waals surface area contributed by atoms with Gasteiger partial charge in [-0.05, 0) is 0 Å². The molecule has 0 aromatic carbocycles. The highest BCUT2D eigenvalue weighted by Gasteiger charge is 3.02. The quantitative estimate of drug-likeness (QED) is 0.0838. The Bertz CT molecular complexity index is 1780. The molecular weight excluding hydrogens is 1130 g/mol. The van der Waals surface area contributed by atoms with E-state index in [1.807, 2.05) is 0 Å². The molecule has 0 bridgehead atoms. The Labute approximate surface area is 329 Å². The standard InChI is InChI=1S/C18HF40NO5SSi/c19-1(20,3(23,24)5(27,28)8(33,34)35)2(21,22)4(25,26)6(29,30)16(53,54)65(60,61)17(55,7(31,32)12(45,46)59-18(56,57)58)66(62-13(47,48)9(36,37)38,63-14(49,50)10(39,40)41)64-15(51,52)11(42,43)44/h59H. The van der Waals surface area contributed by atoms with Crippen LogP contribution in [0.5, 0.6) is 0 Å². The predicted molar refractivity (Wildman–Crippen MR) is 115 cm³/mol. The van der Waals surface area contributed by atoms with E-state index in [-0.39, 0.29) is 0 Å². The van der Waals surface area contributed by atoms with Crippen LogP contribution in [0.4, 0.5) is 176 Å². The Morgan fingerprint density at radius 1 is 0.303 bits per heavy atom. The fourth-order valence-corrected chi connectivity index (χ4v) is 9.20. The SMILES string of the molecule is O=S(=O)(C(F)(F)C(F)(F)C(F)(F)C(F)(F)C(F)(F)C(F)(F)C(F)(F)C(F)(F)F)C(F)(C(F)(F)C(F)(F)NC(F)(F)F)[Si](OC(F)(F)C(F)(F)F)(OC(F)(F)C(F)(F)F)OC(F)(F)C(F)(F)F. The van der Waals surface area contributed by atoms with E-state index in [1.165, 1.54) is 0 Å². The summed E-state index contributed by atoms with van der Waals surface area (Å²) in [5, 5.41) is -13.6. The van der Waals surface area contributed by atoms with Crippen LogP contribution >= 0.6 is 0 Å². The minimum atomic E-state index is -13.2. The normalized spacial score (nSPS) is 17.9. The Morgan fingerprint density at radius 2 is 0.530 bits per heavy atom. The number of rotatable bonds is 18. The summed E-state index contributed by atoms with van der Waals surface area (Å²) in [7, 11) is -25.7. The molecule has 1 N–H and O–H groups in total. The fraction of sp³-hybridized carbons (Fsp3) is 1.00. The van der Waals surface area contributed by atoms with Gasteiger partial charge in [-0.2, -0.15) is 177 Å². The van der Waals surface area contributed by atoms with Gasteiger partial charge in [0.05, 0.1) is 0 Å². The number of halogens is 40. The fourth-order valence-electron chi connectivity index (χ4n) is 3.42. The van der Waals surface area contributed by atoms with Crippen molar-refractivity contribution in [3.63, 3.8) is 0 Å². The van der Waals surface area contributed by atoms with Gasteiger partial charge in [0.2, 0.25) is 0 Å². The Kier molecular flexibility index (Phi) is 15.2. The van der Waals surface area contributed by atoms with Crippen LogP contribution in [-0.4, -0.2) is 124 Å². The average Bonchev–Trinajstić information content (AvgIpc) is 2.99. The lowest BCUT2D eigenvalue weighted by Gasteiger charge is -2.48. The van der Waals surface area contributed by atoms with Crippen LogP contribution in [0, 0.1) is 0 Å². The molecular formula is C18HF40NO5SSi. The van der Waals surface area contributed by atoms with Crippen molar-refractivity contribution in [1.29, 1.82) is 0 Å². The number of sulfone groups is 1. The maximum absolute atomic E-state index is 16.5. The van der Waals surface area contributed by atoms with Gasteiger partial charge in [0.15, 0.2) is 0 Å². The summed E-state index contributed by atoms with van der Waals surface area (Å²) in [4.78, 5) is 0. The van der Waals surface area contributed by atoms with E-state index in [0.717, 1.165) is 13.3 Å². The molecule has 0 aromatic heterocycles. The van der Waals surface area contributed by atoms with Crippen LogP contribution in [0.3, 0.4) is 0 Å². The molecule has 0 aliphatic heterocycles. The van der Waals surface area contributed by atoms with Gasteiger partial charge >= 0.3 is 116 Å². The maximum atomic E-state index is 16.5. The van der Waals surface area contributed by atoms with Crippen LogP contribution in [0.25, 0.3) is 0 Å². The Morgan fingerprint density at radius 3 is 0.742 bits per heavy atom. The first-order chi connectivity index (χ1) is 27.6. The molecule has 0 aliphatic carbocycles. The molecule has 0 spiro atoms. The lowest BCUT2D eigenvalue weighted by atomic mass is 9.91. The second-order valence-corrected chi connectivity index (χ2v) is 16.1. The van der Waals surface area contributed by atoms with E-state index in [4.69, 9.17) is 0 Å². The highest BCUT2D eigenvalue weighted by atomic mass is 32.2. The van der Waals surface area contributed by atoms with Gasteiger partial charge < -0.3 is 13.3 Å². The lowest BCUT2D eigenvalue weighted by Crippen LogP contribution is -2.85. The Balaban J connectivity index is 10.00. The number of alkyl halides is 40. The first kappa shape index (κ1) is 63.2. The molecule has 0 rings (SSSR count). The summed E-state index contributed by atoms with van der Waals surface area (Å²) in [5.41, 5.74) is 0. The summed E-state index contributed by atoms with van der Waals surface area (Å²) in [6, 6.07) is -9.56. The highest BCUT2D eigenvalue weighted by molar-refractivity contribution is 7.95. The second-order valence-electron chi connectivity index (χ2n) is 11.2. The monoisotopic (exact) mass is 1130 g/mol. The van der Waals surface area contributed by atoms with E-state index >= 15 is 22.0 Å². The summed E-state index contributed by atoms with van der Waals surface area (Å²) in [6.45, 7) is 0. The molecule has 0 radical (unpaired) electrons. The third kappa shape index (κ3) is 9.09. The first-order valence-corrected chi connectivity index (χ1v) is 16.5. The van der Waals surface area contributed by atoms with Crippen LogP contribution in [0.2, 0.25) is 0 Å². The minimum absolute atomic E-state index is 0.821. The molecule has 1 atom stereocenters. The van der Waals surface area contributed by atoms with Crippen molar-refractivity contribution in [1.82, 2.24) is 5.32 Å². The Hall–Kier alpha value is -2.79. The summed E-state index contributed by atoms with van der Waals surface area (Å²) in [5.74, 6) is -71.9. The number of nitrogens with one attached hydrogen (secondary N) is 1. The minimum Gasteiger partial charge on any atom is -0.303 e. The molecule has 1 unspecified atom stereocenters. The van der Waals surface area contributed by atoms with Crippen molar-refractivity contribution in [2.24, 2.45) is 0 Å². The van der Waals surface area contributed by atoms with Gasteiger partial charge in [0.25, 0.3) is 9.84 Å². The molecule has 0 fully saturated rings. The largest absolute Gasteiger partial charge is 0.577 e.